The van der Waals surface area contributed by atoms with E-state index < -0.39 is 11.7 Å². The second-order valence-corrected chi connectivity index (χ2v) is 7.99. The molecule has 5 rings (SSSR count). The third-order valence-corrected chi connectivity index (χ3v) is 6.00. The van der Waals surface area contributed by atoms with Gasteiger partial charge in [-0.2, -0.15) is 0 Å². The number of halogens is 1. The molecule has 0 aliphatic carbocycles. The number of fused-ring (bicyclic) bond motifs is 1. The molecule has 4 aromatic rings. The first-order valence-corrected chi connectivity index (χ1v) is 10.4. The normalized spacial score (nSPS) is 16.4. The molecule has 6 nitrogen and oxygen atoms in total. The molecule has 2 amide bonds. The van der Waals surface area contributed by atoms with Crippen molar-refractivity contribution in [3.05, 3.63) is 65.9 Å². The van der Waals surface area contributed by atoms with Gasteiger partial charge < -0.3 is 15.2 Å². The minimum absolute atomic E-state index is 0.0425. The van der Waals surface area contributed by atoms with Crippen LogP contribution in [0.3, 0.4) is 0 Å². The molecule has 1 atom stereocenters. The first kappa shape index (κ1) is 18.5. The molecule has 1 fully saturated rings. The maximum atomic E-state index is 14.0. The fourth-order valence-electron chi connectivity index (χ4n) is 3.73. The van der Waals surface area contributed by atoms with Crippen molar-refractivity contribution in [3.63, 3.8) is 0 Å². The van der Waals surface area contributed by atoms with E-state index in [9.17, 15) is 14.0 Å². The van der Waals surface area contributed by atoms with Gasteiger partial charge in [0.05, 0.1) is 17.3 Å². The average molecular weight is 420 g/mol. The Bertz CT molecular complexity index is 1260. The number of carbonyl (C=O) groups is 2. The molecule has 1 aliphatic rings. The summed E-state index contributed by atoms with van der Waals surface area (Å²) in [4.78, 5) is 34.1. The number of aromatic amines is 1. The Morgan fingerprint density at radius 1 is 1.20 bits per heavy atom. The maximum absolute atomic E-state index is 14.0. The van der Waals surface area contributed by atoms with Crippen molar-refractivity contribution >= 4 is 44.9 Å². The number of H-pyrrole nitrogens is 1. The Hall–Kier alpha value is -3.52. The molecular weight excluding hydrogens is 403 g/mol. The van der Waals surface area contributed by atoms with Crippen molar-refractivity contribution in [3.8, 4) is 11.3 Å². The van der Waals surface area contributed by atoms with E-state index in [0.717, 1.165) is 22.2 Å². The zero-order valence-corrected chi connectivity index (χ0v) is 16.6. The van der Waals surface area contributed by atoms with Crippen molar-refractivity contribution < 1.29 is 14.0 Å². The van der Waals surface area contributed by atoms with Crippen LogP contribution in [-0.4, -0.2) is 28.3 Å². The highest BCUT2D eigenvalue weighted by Gasteiger charge is 2.36. The van der Waals surface area contributed by atoms with Crippen molar-refractivity contribution in [2.75, 3.05) is 16.8 Å². The van der Waals surface area contributed by atoms with Crippen LogP contribution in [0.5, 0.6) is 0 Å². The van der Waals surface area contributed by atoms with Crippen LogP contribution in [-0.2, 0) is 9.59 Å². The summed E-state index contributed by atoms with van der Waals surface area (Å²) in [7, 11) is 0. The van der Waals surface area contributed by atoms with Crippen LogP contribution in [0.4, 0.5) is 15.2 Å². The summed E-state index contributed by atoms with van der Waals surface area (Å²) in [6.07, 6.45) is 1.94. The van der Waals surface area contributed by atoms with E-state index in [-0.39, 0.29) is 30.5 Å². The van der Waals surface area contributed by atoms with Crippen molar-refractivity contribution in [2.24, 2.45) is 5.92 Å². The Labute approximate surface area is 175 Å². The van der Waals surface area contributed by atoms with Gasteiger partial charge >= 0.3 is 0 Å². The minimum Gasteiger partial charge on any atom is -0.360 e. The smallest absolute Gasteiger partial charge is 0.231 e. The number of hydrogen-bond donors (Lipinski definition) is 2. The van der Waals surface area contributed by atoms with Crippen LogP contribution in [0.15, 0.2) is 60.1 Å². The topological polar surface area (TPSA) is 78.1 Å². The molecule has 2 N–H and O–H groups in total. The largest absolute Gasteiger partial charge is 0.360 e. The Morgan fingerprint density at radius 2 is 2.00 bits per heavy atom. The third-order valence-electron chi connectivity index (χ3n) is 5.24. The molecule has 1 aliphatic heterocycles. The number of amides is 2. The number of anilines is 2. The number of hydrogen-bond acceptors (Lipinski definition) is 4. The van der Waals surface area contributed by atoms with E-state index in [4.69, 9.17) is 0 Å². The van der Waals surface area contributed by atoms with Crippen LogP contribution in [0, 0.1) is 11.7 Å². The number of para-hydroxylation sites is 2. The summed E-state index contributed by atoms with van der Waals surface area (Å²) in [5.74, 6) is -1.59. The molecular formula is C22H17FN4O2S. The quantitative estimate of drug-likeness (QED) is 0.513. The second kappa shape index (κ2) is 7.38. The summed E-state index contributed by atoms with van der Waals surface area (Å²) >= 11 is 1.33. The molecule has 8 heteroatoms. The lowest BCUT2D eigenvalue weighted by Gasteiger charge is -2.17. The summed E-state index contributed by atoms with van der Waals surface area (Å²) in [6, 6.07) is 14.0. The minimum atomic E-state index is -0.558. The number of rotatable bonds is 4. The predicted molar refractivity (Wildman–Crippen MR) is 115 cm³/mol. The van der Waals surface area contributed by atoms with Crippen LogP contribution in [0.25, 0.3) is 22.2 Å². The molecule has 30 heavy (non-hydrogen) atoms. The number of nitrogens with zero attached hydrogens (tertiary/aromatic N) is 2. The van der Waals surface area contributed by atoms with Crippen LogP contribution >= 0.6 is 11.3 Å². The molecule has 1 saturated heterocycles. The molecule has 3 heterocycles. The lowest BCUT2D eigenvalue weighted by molar-refractivity contribution is -0.122. The van der Waals surface area contributed by atoms with E-state index in [0.29, 0.717) is 5.13 Å². The molecule has 0 unspecified atom stereocenters. The van der Waals surface area contributed by atoms with Crippen LogP contribution in [0.1, 0.15) is 6.42 Å². The maximum Gasteiger partial charge on any atom is 0.231 e. The summed E-state index contributed by atoms with van der Waals surface area (Å²) in [5, 5.41) is 6.22. The van der Waals surface area contributed by atoms with Crippen molar-refractivity contribution in [1.29, 1.82) is 0 Å². The van der Waals surface area contributed by atoms with E-state index >= 15 is 0 Å². The van der Waals surface area contributed by atoms with Gasteiger partial charge in [0.15, 0.2) is 5.13 Å². The van der Waals surface area contributed by atoms with E-state index in [1.54, 1.807) is 18.2 Å². The Morgan fingerprint density at radius 3 is 2.87 bits per heavy atom. The molecule has 150 valence electrons. The summed E-state index contributed by atoms with van der Waals surface area (Å²) in [6.45, 7) is 0.145. The monoisotopic (exact) mass is 420 g/mol. The van der Waals surface area contributed by atoms with Gasteiger partial charge in [-0.3, -0.25) is 9.59 Å². The predicted octanol–water partition coefficient (Wildman–Crippen LogP) is 4.42. The van der Waals surface area contributed by atoms with Crippen LogP contribution in [0.2, 0.25) is 0 Å². The van der Waals surface area contributed by atoms with Gasteiger partial charge in [0.1, 0.15) is 5.82 Å². The fraction of sp³-hybridized carbons (Fsp3) is 0.136. The average Bonchev–Trinajstić information content (AvgIpc) is 3.46. The molecule has 0 radical (unpaired) electrons. The van der Waals surface area contributed by atoms with E-state index in [1.165, 1.54) is 22.3 Å². The number of nitrogens with one attached hydrogen (secondary N) is 2. The summed E-state index contributed by atoms with van der Waals surface area (Å²) in [5.41, 5.74) is 2.95. The molecule has 0 bridgehead atoms. The number of benzene rings is 2. The van der Waals surface area contributed by atoms with Crippen molar-refractivity contribution in [2.45, 2.75) is 6.42 Å². The highest BCUT2D eigenvalue weighted by Crippen LogP contribution is 2.32. The zero-order chi connectivity index (χ0) is 20.7. The lowest BCUT2D eigenvalue weighted by atomic mass is 10.1. The number of carbonyl (C=O) groups excluding carboxylic acids is 2. The molecule has 0 spiro atoms. The van der Waals surface area contributed by atoms with Gasteiger partial charge in [-0.25, -0.2) is 9.37 Å². The number of aromatic nitrogens is 2. The van der Waals surface area contributed by atoms with E-state index in [1.807, 2.05) is 35.8 Å². The van der Waals surface area contributed by atoms with Gasteiger partial charge in [-0.1, -0.05) is 30.3 Å². The Kier molecular flexibility index (Phi) is 4.55. The van der Waals surface area contributed by atoms with E-state index in [2.05, 4.69) is 15.3 Å². The first-order chi connectivity index (χ1) is 14.6. The molecule has 0 saturated carbocycles. The summed E-state index contributed by atoms with van der Waals surface area (Å²) < 4.78 is 14.0. The van der Waals surface area contributed by atoms with Crippen LogP contribution < -0.4 is 10.2 Å². The standard InChI is InChI=1S/C22H17FN4O2S/c23-16-6-2-4-8-19(16)27-11-13(9-20(27)28)21(29)26-22-25-18(12-30-22)15-10-24-17-7-3-1-5-14(15)17/h1-8,10,12-13,24H,9,11H2,(H,25,26,29)/t13-/m0/s1. The SMILES string of the molecule is O=C(Nc1nc(-c2c[nH]c3ccccc23)cs1)[C@H]1CC(=O)N(c2ccccc2F)C1. The van der Waals surface area contributed by atoms with Gasteiger partial charge in [-0.15, -0.1) is 11.3 Å². The first-order valence-electron chi connectivity index (χ1n) is 9.48. The highest BCUT2D eigenvalue weighted by molar-refractivity contribution is 7.14. The number of thiazole rings is 1. The molecule has 2 aromatic heterocycles. The molecule has 2 aromatic carbocycles. The van der Waals surface area contributed by atoms with Gasteiger partial charge in [0.25, 0.3) is 0 Å². The third kappa shape index (κ3) is 3.25. The van der Waals surface area contributed by atoms with Gasteiger partial charge in [0, 0.05) is 41.0 Å². The second-order valence-electron chi connectivity index (χ2n) is 7.13. The lowest BCUT2D eigenvalue weighted by Crippen LogP contribution is -2.28. The van der Waals surface area contributed by atoms with Gasteiger partial charge in [0.2, 0.25) is 11.8 Å². The Balaban J connectivity index is 1.31. The zero-order valence-electron chi connectivity index (χ0n) is 15.8. The van der Waals surface area contributed by atoms with Crippen molar-refractivity contribution in [1.82, 2.24) is 9.97 Å². The fourth-order valence-corrected chi connectivity index (χ4v) is 4.45. The van der Waals surface area contributed by atoms with Gasteiger partial charge in [-0.05, 0) is 18.2 Å². The highest BCUT2D eigenvalue weighted by atomic mass is 32.1.